The highest BCUT2D eigenvalue weighted by Gasteiger charge is 2.28. The number of amides is 2. The molecule has 5 heteroatoms. The van der Waals surface area contributed by atoms with Gasteiger partial charge in [-0.3, -0.25) is 0 Å². The largest absolute Gasteiger partial charge is 0.507 e. The van der Waals surface area contributed by atoms with Crippen molar-refractivity contribution >= 4 is 11.7 Å². The molecule has 2 amide bonds. The highest BCUT2D eigenvalue weighted by atomic mass is 16.3. The molecule has 0 aromatic heterocycles. The fourth-order valence-electron chi connectivity index (χ4n) is 6.03. The number of aromatic hydroxyl groups is 1. The fourth-order valence-corrected chi connectivity index (χ4v) is 6.03. The summed E-state index contributed by atoms with van der Waals surface area (Å²) in [5.41, 5.74) is 4.97. The van der Waals surface area contributed by atoms with E-state index < -0.39 is 0 Å². The van der Waals surface area contributed by atoms with E-state index in [1.165, 1.54) is 37.9 Å². The Labute approximate surface area is 230 Å². The van der Waals surface area contributed by atoms with Gasteiger partial charge >= 0.3 is 6.03 Å². The Morgan fingerprint density at radius 2 is 1.45 bits per heavy atom. The van der Waals surface area contributed by atoms with Crippen molar-refractivity contribution in [2.24, 2.45) is 0 Å². The first kappa shape index (κ1) is 28.5. The Balaban J connectivity index is 1.42. The Hall–Kier alpha value is -2.53. The first-order chi connectivity index (χ1) is 17.9. The van der Waals surface area contributed by atoms with Crippen LogP contribution in [-0.4, -0.2) is 53.2 Å². The molecule has 4 rings (SSSR count). The predicted octanol–water partition coefficient (Wildman–Crippen LogP) is 7.25. The van der Waals surface area contributed by atoms with Crippen LogP contribution in [0.4, 0.5) is 10.5 Å². The van der Waals surface area contributed by atoms with E-state index in [-0.39, 0.29) is 16.9 Å². The zero-order valence-corrected chi connectivity index (χ0v) is 24.6. The van der Waals surface area contributed by atoms with Crippen molar-refractivity contribution in [2.75, 3.05) is 31.5 Å². The van der Waals surface area contributed by atoms with Gasteiger partial charge in [-0.1, -0.05) is 78.3 Å². The minimum Gasteiger partial charge on any atom is -0.507 e. The summed E-state index contributed by atoms with van der Waals surface area (Å²) in [4.78, 5) is 17.8. The van der Waals surface area contributed by atoms with Gasteiger partial charge in [-0.15, -0.1) is 0 Å². The van der Waals surface area contributed by atoms with Crippen LogP contribution in [0.3, 0.4) is 0 Å². The zero-order chi connectivity index (χ0) is 27.5. The second-order valence-electron chi connectivity index (χ2n) is 13.4. The number of aryl methyl sites for hydroxylation is 2. The Morgan fingerprint density at radius 1 is 0.868 bits per heavy atom. The highest BCUT2D eigenvalue weighted by Crippen LogP contribution is 2.40. The quantitative estimate of drug-likeness (QED) is 0.437. The number of carbonyl (C=O) groups is 1. The average molecular weight is 520 g/mol. The second kappa shape index (κ2) is 11.7. The van der Waals surface area contributed by atoms with Crippen molar-refractivity contribution < 1.29 is 9.90 Å². The first-order valence-electron chi connectivity index (χ1n) is 14.7. The summed E-state index contributed by atoms with van der Waals surface area (Å²) >= 11 is 0. The van der Waals surface area contributed by atoms with Crippen LogP contribution in [-0.2, 0) is 23.7 Å². The van der Waals surface area contributed by atoms with Crippen molar-refractivity contribution in [1.29, 1.82) is 0 Å². The molecule has 2 aromatic rings. The summed E-state index contributed by atoms with van der Waals surface area (Å²) in [5.74, 6) is 0.422. The van der Waals surface area contributed by atoms with Gasteiger partial charge in [-0.05, 0) is 90.8 Å². The van der Waals surface area contributed by atoms with Crippen LogP contribution in [0.2, 0.25) is 0 Å². The lowest BCUT2D eigenvalue weighted by Gasteiger charge is -2.40. The topological polar surface area (TPSA) is 55.8 Å². The van der Waals surface area contributed by atoms with Crippen LogP contribution in [0, 0.1) is 0 Å². The van der Waals surface area contributed by atoms with E-state index in [4.69, 9.17) is 0 Å². The van der Waals surface area contributed by atoms with Crippen molar-refractivity contribution in [1.82, 2.24) is 9.80 Å². The summed E-state index contributed by atoms with van der Waals surface area (Å²) in [6.07, 6.45) is 7.81. The molecular formula is C33H49N3O2. The van der Waals surface area contributed by atoms with Gasteiger partial charge in [-0.25, -0.2) is 4.79 Å². The van der Waals surface area contributed by atoms with E-state index in [2.05, 4.69) is 70.0 Å². The molecule has 0 saturated carbocycles. The molecule has 0 radical (unpaired) electrons. The first-order valence-corrected chi connectivity index (χ1v) is 14.7. The van der Waals surface area contributed by atoms with Crippen LogP contribution in [0.15, 0.2) is 36.4 Å². The zero-order valence-electron chi connectivity index (χ0n) is 24.6. The highest BCUT2D eigenvalue weighted by molar-refractivity contribution is 5.90. The number of benzene rings is 2. The summed E-state index contributed by atoms with van der Waals surface area (Å²) in [6.45, 7) is 17.0. The van der Waals surface area contributed by atoms with E-state index in [9.17, 15) is 9.90 Å². The minimum absolute atomic E-state index is 0.0178. The number of hydrogen-bond donors (Lipinski definition) is 2. The third-order valence-electron chi connectivity index (χ3n) is 8.39. The van der Waals surface area contributed by atoms with E-state index in [1.807, 2.05) is 23.1 Å². The summed E-state index contributed by atoms with van der Waals surface area (Å²) < 4.78 is 0. The molecule has 2 fully saturated rings. The number of phenols is 1. The molecular weight excluding hydrogens is 470 g/mol. The standard InChI is InChI=1S/C33H49N3O2/c1-32(2,3)27-22-24(23-28(30(27)37)33(4,5)6)14-15-25-12-8-9-13-29(25)34-31(38)36-20-16-26(17-21-36)35-18-10-7-11-19-35/h8-9,12-13,22-23,26,37H,7,10-11,14-21H2,1-6H3,(H,34,38). The van der Waals surface area contributed by atoms with Crippen LogP contribution in [0.5, 0.6) is 5.75 Å². The Kier molecular flexibility index (Phi) is 8.76. The molecule has 0 bridgehead atoms. The van der Waals surface area contributed by atoms with E-state index in [0.717, 1.165) is 61.2 Å². The van der Waals surface area contributed by atoms with Gasteiger partial charge in [0.25, 0.3) is 0 Å². The summed E-state index contributed by atoms with van der Waals surface area (Å²) in [6, 6.07) is 13.2. The number of phenolic OH excluding ortho intramolecular Hbond substituents is 1. The van der Waals surface area contributed by atoms with Crippen LogP contribution in [0.1, 0.15) is 95.9 Å². The van der Waals surface area contributed by atoms with E-state index in [0.29, 0.717) is 11.8 Å². The number of rotatable bonds is 5. The monoisotopic (exact) mass is 519 g/mol. The van der Waals surface area contributed by atoms with E-state index in [1.54, 1.807) is 0 Å². The molecule has 0 aliphatic carbocycles. The number of nitrogens with one attached hydrogen (secondary N) is 1. The lowest BCUT2D eigenvalue weighted by atomic mass is 9.78. The summed E-state index contributed by atoms with van der Waals surface area (Å²) in [7, 11) is 0. The number of carbonyl (C=O) groups excluding carboxylic acids is 1. The van der Waals surface area contributed by atoms with Crippen molar-refractivity contribution in [3.05, 3.63) is 58.7 Å². The van der Waals surface area contributed by atoms with Crippen LogP contribution < -0.4 is 5.32 Å². The minimum atomic E-state index is -0.145. The van der Waals surface area contributed by atoms with E-state index >= 15 is 0 Å². The average Bonchev–Trinajstić information content (AvgIpc) is 2.88. The lowest BCUT2D eigenvalue weighted by Crippen LogP contribution is -2.49. The molecule has 208 valence electrons. The number of likely N-dealkylation sites (tertiary alicyclic amines) is 2. The third kappa shape index (κ3) is 6.91. The van der Waals surface area contributed by atoms with Gasteiger partial charge in [0, 0.05) is 24.8 Å². The van der Waals surface area contributed by atoms with Gasteiger partial charge in [0.15, 0.2) is 0 Å². The number of anilines is 1. The number of piperidine rings is 2. The second-order valence-corrected chi connectivity index (χ2v) is 13.4. The van der Waals surface area contributed by atoms with Gasteiger partial charge in [-0.2, -0.15) is 0 Å². The van der Waals surface area contributed by atoms with Gasteiger partial charge in [0.2, 0.25) is 0 Å². The molecule has 5 nitrogen and oxygen atoms in total. The number of urea groups is 1. The number of nitrogens with zero attached hydrogens (tertiary/aromatic N) is 2. The molecule has 2 aromatic carbocycles. The fraction of sp³-hybridized carbons (Fsp3) is 0.606. The third-order valence-corrected chi connectivity index (χ3v) is 8.39. The maximum absolute atomic E-state index is 13.2. The molecule has 0 atom stereocenters. The van der Waals surface area contributed by atoms with Crippen LogP contribution in [0.25, 0.3) is 0 Å². The Morgan fingerprint density at radius 3 is 2.03 bits per heavy atom. The van der Waals surface area contributed by atoms with Crippen molar-refractivity contribution in [3.8, 4) is 5.75 Å². The normalized spacial score (nSPS) is 18.0. The molecule has 38 heavy (non-hydrogen) atoms. The lowest BCUT2D eigenvalue weighted by molar-refractivity contribution is 0.104. The van der Waals surface area contributed by atoms with Gasteiger partial charge in [0.05, 0.1) is 0 Å². The molecule has 2 saturated heterocycles. The summed E-state index contributed by atoms with van der Waals surface area (Å²) in [5, 5.41) is 14.3. The van der Waals surface area contributed by atoms with Gasteiger partial charge < -0.3 is 20.2 Å². The number of hydrogen-bond acceptors (Lipinski definition) is 3. The predicted molar refractivity (Wildman–Crippen MR) is 158 cm³/mol. The van der Waals surface area contributed by atoms with Gasteiger partial charge in [0.1, 0.15) is 5.75 Å². The molecule has 2 aliphatic rings. The SMILES string of the molecule is CC(C)(C)c1cc(CCc2ccccc2NC(=O)N2CCC(N3CCCCC3)CC2)cc(C(C)(C)C)c1O. The molecule has 2 aliphatic heterocycles. The van der Waals surface area contributed by atoms with Crippen LogP contribution >= 0.6 is 0 Å². The molecule has 2 N–H and O–H groups in total. The molecule has 0 unspecified atom stereocenters. The Bertz CT molecular complexity index is 1060. The smallest absolute Gasteiger partial charge is 0.321 e. The van der Waals surface area contributed by atoms with Crippen molar-refractivity contribution in [2.45, 2.75) is 103 Å². The number of para-hydroxylation sites is 1. The maximum Gasteiger partial charge on any atom is 0.321 e. The maximum atomic E-state index is 13.2. The molecule has 0 spiro atoms. The van der Waals surface area contributed by atoms with Crippen molar-refractivity contribution in [3.63, 3.8) is 0 Å². The molecule has 2 heterocycles.